The van der Waals surface area contributed by atoms with Crippen LogP contribution in [-0.4, -0.2) is 46.8 Å². The number of carbonyl (C=O) groups excluding carboxylic acids is 3. The second-order valence-electron chi connectivity index (χ2n) is 8.25. The Morgan fingerprint density at radius 1 is 1.30 bits per heavy atom. The largest absolute Gasteiger partial charge is 0.455 e. The van der Waals surface area contributed by atoms with Crippen molar-refractivity contribution in [1.82, 2.24) is 4.90 Å². The van der Waals surface area contributed by atoms with Gasteiger partial charge >= 0.3 is 5.97 Å². The fourth-order valence-corrected chi connectivity index (χ4v) is 4.35. The summed E-state index contributed by atoms with van der Waals surface area (Å²) >= 11 is 0. The highest BCUT2D eigenvalue weighted by molar-refractivity contribution is 5.94. The molecule has 9 nitrogen and oxygen atoms in total. The molecule has 1 aromatic carbocycles. The molecule has 1 aliphatic carbocycles. The van der Waals surface area contributed by atoms with E-state index in [0.717, 1.165) is 19.3 Å². The van der Waals surface area contributed by atoms with Gasteiger partial charge in [0.1, 0.15) is 0 Å². The molecule has 1 aromatic rings. The highest BCUT2D eigenvalue weighted by Crippen LogP contribution is 2.35. The van der Waals surface area contributed by atoms with Gasteiger partial charge in [-0.2, -0.15) is 0 Å². The number of benzene rings is 1. The minimum Gasteiger partial charge on any atom is -0.455 e. The molecule has 2 aliphatic rings. The second kappa shape index (κ2) is 9.23. The van der Waals surface area contributed by atoms with Crippen LogP contribution in [0.3, 0.4) is 0 Å². The van der Waals surface area contributed by atoms with Crippen molar-refractivity contribution in [3.8, 4) is 0 Å². The van der Waals surface area contributed by atoms with Gasteiger partial charge in [-0.05, 0) is 24.3 Å². The van der Waals surface area contributed by atoms with Gasteiger partial charge in [-0.3, -0.25) is 24.5 Å². The summed E-state index contributed by atoms with van der Waals surface area (Å²) in [6.07, 6.45) is 3.28. The third-order valence-electron chi connectivity index (χ3n) is 6.24. The topological polar surface area (TPSA) is 119 Å². The molecule has 1 heterocycles. The number of likely N-dealkylation sites (tertiary alicyclic amines) is 1. The molecule has 1 aliphatic heterocycles. The molecular weight excluding hydrogens is 390 g/mol. The Labute approximate surface area is 174 Å². The molecule has 4 atom stereocenters. The number of ether oxygens (including phenoxy) is 1. The van der Waals surface area contributed by atoms with E-state index >= 15 is 0 Å². The Bertz CT molecular complexity index is 842. The number of nitrogens with one attached hydrogen (secondary N) is 1. The van der Waals surface area contributed by atoms with Gasteiger partial charge < -0.3 is 15.0 Å². The maximum Gasteiger partial charge on any atom is 0.311 e. The first-order valence-corrected chi connectivity index (χ1v) is 10.3. The van der Waals surface area contributed by atoms with E-state index in [-0.39, 0.29) is 29.7 Å². The summed E-state index contributed by atoms with van der Waals surface area (Å²) in [7, 11) is 0. The van der Waals surface area contributed by atoms with Crippen LogP contribution in [0.1, 0.15) is 39.5 Å². The number of hydrogen-bond donors (Lipinski definition) is 1. The zero-order valence-electron chi connectivity index (χ0n) is 17.2. The zero-order chi connectivity index (χ0) is 21.8. The van der Waals surface area contributed by atoms with Crippen LogP contribution in [0.15, 0.2) is 24.3 Å². The molecule has 1 saturated heterocycles. The summed E-state index contributed by atoms with van der Waals surface area (Å²) in [4.78, 5) is 49.0. The van der Waals surface area contributed by atoms with Gasteiger partial charge in [-0.1, -0.05) is 32.8 Å². The summed E-state index contributed by atoms with van der Waals surface area (Å²) in [5.74, 6) is -0.856. The van der Waals surface area contributed by atoms with Crippen molar-refractivity contribution >= 4 is 29.2 Å². The smallest absolute Gasteiger partial charge is 0.311 e. The van der Waals surface area contributed by atoms with Crippen molar-refractivity contribution in [1.29, 1.82) is 0 Å². The fraction of sp³-hybridized carbons (Fsp3) is 0.571. The second-order valence-corrected chi connectivity index (χ2v) is 8.25. The van der Waals surface area contributed by atoms with Crippen LogP contribution < -0.4 is 5.32 Å². The number of hydrogen-bond acceptors (Lipinski definition) is 6. The Balaban J connectivity index is 1.50. The Morgan fingerprint density at radius 2 is 2.07 bits per heavy atom. The molecule has 0 aromatic heterocycles. The van der Waals surface area contributed by atoms with E-state index < -0.39 is 29.3 Å². The lowest BCUT2D eigenvalue weighted by molar-refractivity contribution is -0.384. The monoisotopic (exact) mass is 417 g/mol. The third kappa shape index (κ3) is 4.95. The molecule has 2 fully saturated rings. The molecule has 1 N–H and O–H groups in total. The average Bonchev–Trinajstić information content (AvgIpc) is 3.10. The number of amides is 2. The molecule has 162 valence electrons. The number of carbonyl (C=O) groups is 3. The molecule has 0 unspecified atom stereocenters. The van der Waals surface area contributed by atoms with Crippen molar-refractivity contribution in [2.45, 2.75) is 45.6 Å². The van der Waals surface area contributed by atoms with Gasteiger partial charge in [-0.25, -0.2) is 0 Å². The maximum absolute atomic E-state index is 12.5. The minimum absolute atomic E-state index is 0.0380. The lowest BCUT2D eigenvalue weighted by Gasteiger charge is -2.39. The first-order valence-electron chi connectivity index (χ1n) is 10.3. The van der Waals surface area contributed by atoms with Gasteiger partial charge in [0, 0.05) is 36.8 Å². The van der Waals surface area contributed by atoms with E-state index in [4.69, 9.17) is 4.74 Å². The van der Waals surface area contributed by atoms with E-state index in [9.17, 15) is 24.5 Å². The molecular formula is C21H27N3O6. The summed E-state index contributed by atoms with van der Waals surface area (Å²) in [6.45, 7) is 4.17. The normalized spacial score (nSPS) is 26.3. The highest BCUT2D eigenvalue weighted by Gasteiger charge is 2.42. The van der Waals surface area contributed by atoms with Gasteiger partial charge in [0.25, 0.3) is 11.6 Å². The molecule has 1 saturated carbocycles. The van der Waals surface area contributed by atoms with E-state index in [2.05, 4.69) is 19.2 Å². The van der Waals surface area contributed by atoms with Gasteiger partial charge in [-0.15, -0.1) is 0 Å². The van der Waals surface area contributed by atoms with Gasteiger partial charge in [0.15, 0.2) is 6.61 Å². The van der Waals surface area contributed by atoms with Crippen LogP contribution in [0.4, 0.5) is 11.4 Å². The van der Waals surface area contributed by atoms with Crippen LogP contribution >= 0.6 is 0 Å². The Hall–Kier alpha value is -2.97. The van der Waals surface area contributed by atoms with Crippen molar-refractivity contribution in [3.63, 3.8) is 0 Å². The minimum atomic E-state index is -0.597. The van der Waals surface area contributed by atoms with Crippen molar-refractivity contribution in [2.24, 2.45) is 17.8 Å². The van der Waals surface area contributed by atoms with Gasteiger partial charge in [0.2, 0.25) is 5.91 Å². The summed E-state index contributed by atoms with van der Waals surface area (Å²) in [6, 6.07) is 5.64. The molecule has 30 heavy (non-hydrogen) atoms. The molecule has 2 amide bonds. The number of nitro benzene ring substituents is 1. The van der Waals surface area contributed by atoms with Crippen LogP contribution in [0.2, 0.25) is 0 Å². The van der Waals surface area contributed by atoms with E-state index in [1.807, 2.05) is 4.90 Å². The van der Waals surface area contributed by atoms with Crippen LogP contribution in [0.25, 0.3) is 0 Å². The first-order chi connectivity index (χ1) is 14.3. The van der Waals surface area contributed by atoms with Crippen LogP contribution in [0.5, 0.6) is 0 Å². The predicted octanol–water partition coefficient (Wildman–Crippen LogP) is 2.75. The number of nitrogens with zero attached hydrogens (tertiary/aromatic N) is 2. The van der Waals surface area contributed by atoms with E-state index in [1.165, 1.54) is 24.3 Å². The predicted molar refractivity (Wildman–Crippen MR) is 108 cm³/mol. The summed E-state index contributed by atoms with van der Waals surface area (Å²) in [5.41, 5.74) is 0.0912. The maximum atomic E-state index is 12.5. The summed E-state index contributed by atoms with van der Waals surface area (Å²) < 4.78 is 5.11. The zero-order valence-corrected chi connectivity index (χ0v) is 17.2. The lowest BCUT2D eigenvalue weighted by atomic mass is 9.77. The fourth-order valence-electron chi connectivity index (χ4n) is 4.35. The number of anilines is 1. The van der Waals surface area contributed by atoms with E-state index in [1.54, 1.807) is 0 Å². The highest BCUT2D eigenvalue weighted by atomic mass is 16.6. The number of rotatable bonds is 6. The third-order valence-corrected chi connectivity index (χ3v) is 6.24. The van der Waals surface area contributed by atoms with E-state index in [0.29, 0.717) is 18.4 Å². The molecule has 0 radical (unpaired) electrons. The molecule has 3 rings (SSSR count). The van der Waals surface area contributed by atoms with Gasteiger partial charge in [0.05, 0.1) is 10.8 Å². The van der Waals surface area contributed by atoms with Crippen molar-refractivity contribution in [3.05, 3.63) is 34.4 Å². The molecule has 0 bridgehead atoms. The number of nitro groups is 1. The number of non-ortho nitro benzene ring substituents is 1. The standard InChI is InChI=1S/C21H27N3O6/c1-13-5-3-8-18(14(13)2)23-11-15(9-20(23)26)21(27)30-12-19(25)22-16-6-4-7-17(10-16)24(28)29/h4,6-7,10,13-15,18H,3,5,8-9,11-12H2,1-2H3,(H,22,25)/t13-,14-,15-,18+/m1/s1. The Kier molecular flexibility index (Phi) is 6.69. The summed E-state index contributed by atoms with van der Waals surface area (Å²) in [5, 5.41) is 13.3. The quantitative estimate of drug-likeness (QED) is 0.432. The Morgan fingerprint density at radius 3 is 2.80 bits per heavy atom. The molecule has 0 spiro atoms. The first kappa shape index (κ1) is 21.7. The molecule has 9 heteroatoms. The van der Waals surface area contributed by atoms with Crippen LogP contribution in [0, 0.1) is 27.9 Å². The van der Waals surface area contributed by atoms with Crippen molar-refractivity contribution < 1.29 is 24.0 Å². The van der Waals surface area contributed by atoms with Crippen LogP contribution in [-0.2, 0) is 19.1 Å². The number of esters is 1. The van der Waals surface area contributed by atoms with Crippen molar-refractivity contribution in [2.75, 3.05) is 18.5 Å². The average molecular weight is 417 g/mol. The lowest BCUT2D eigenvalue weighted by Crippen LogP contribution is -2.45. The SMILES string of the molecule is C[C@@H]1[C@H](C)CCC[C@@H]1N1C[C@H](C(=O)OCC(=O)Nc2cccc([N+](=O)[O-])c2)CC1=O.